The van der Waals surface area contributed by atoms with E-state index in [1.165, 1.54) is 0 Å². The zero-order chi connectivity index (χ0) is 15.8. The summed E-state index contributed by atoms with van der Waals surface area (Å²) in [6, 6.07) is 0. The smallest absolute Gasteiger partial charge is 0.381 e. The van der Waals surface area contributed by atoms with Crippen molar-refractivity contribution in [3.8, 4) is 0 Å². The Bertz CT molecular complexity index is 423. The first-order valence-corrected chi connectivity index (χ1v) is 9.09. The van der Waals surface area contributed by atoms with Crippen LogP contribution in [-0.4, -0.2) is 18.9 Å². The van der Waals surface area contributed by atoms with Gasteiger partial charge in [0, 0.05) is 29.3 Å². The summed E-state index contributed by atoms with van der Waals surface area (Å²) in [6.45, 7) is 11.4. The summed E-state index contributed by atoms with van der Waals surface area (Å²) in [7, 11) is 0. The van der Waals surface area contributed by atoms with Gasteiger partial charge in [-0.3, -0.25) is 14.0 Å². The van der Waals surface area contributed by atoms with Crippen LogP contribution in [0.25, 0.3) is 0 Å². The van der Waals surface area contributed by atoms with Gasteiger partial charge >= 0.3 is 6.72 Å². The lowest BCUT2D eigenvalue weighted by atomic mass is 10.2. The van der Waals surface area contributed by atoms with Gasteiger partial charge in [0.15, 0.2) is 5.88 Å². The molecular weight excluding hydrogens is 295 g/mol. The maximum Gasteiger partial charge on any atom is 0.381 e. The normalized spacial score (nSPS) is 13.7. The summed E-state index contributed by atoms with van der Waals surface area (Å²) in [5, 5.41) is 0. The zero-order valence-corrected chi connectivity index (χ0v) is 14.6. The number of hydrogen-bond donors (Lipinski definition) is 1. The molecule has 0 fully saturated rings. The second-order valence-corrected chi connectivity index (χ2v) is 7.26. The second-order valence-electron chi connectivity index (χ2n) is 4.32. The fourth-order valence-corrected chi connectivity index (χ4v) is 3.17. The minimum Gasteiger partial charge on any atom is -0.408 e. The van der Waals surface area contributed by atoms with Crippen molar-refractivity contribution in [1.29, 1.82) is 0 Å². The third-order valence-corrected chi connectivity index (χ3v) is 4.57. The Morgan fingerprint density at radius 2 is 1.85 bits per heavy atom. The Morgan fingerprint density at radius 1 is 1.35 bits per heavy atom. The first-order valence-electron chi connectivity index (χ1n) is 6.54. The molecule has 0 bridgehead atoms. The monoisotopic (exact) mass is 320 g/mol. The molecule has 0 spiro atoms. The van der Waals surface area contributed by atoms with E-state index in [4.69, 9.17) is 31.1 Å². The molecule has 0 heterocycles. The van der Waals surface area contributed by atoms with E-state index in [0.717, 1.165) is 5.70 Å². The molecule has 0 aromatic carbocycles. The van der Waals surface area contributed by atoms with Crippen LogP contribution < -0.4 is 5.73 Å². The van der Waals surface area contributed by atoms with Crippen molar-refractivity contribution < 1.29 is 13.6 Å². The van der Waals surface area contributed by atoms with Crippen molar-refractivity contribution in [3.05, 3.63) is 24.2 Å². The van der Waals surface area contributed by atoms with E-state index in [1.54, 1.807) is 6.08 Å². The molecule has 7 heteroatoms. The van der Waals surface area contributed by atoms with Gasteiger partial charge in [-0.2, -0.15) is 0 Å². The summed E-state index contributed by atoms with van der Waals surface area (Å²) in [5.74, 6) is 0.408. The Hall–Kier alpha value is -0.680. The number of nitrogens with zero attached hydrogens (tertiary/aromatic N) is 1. The average Bonchev–Trinajstić information content (AvgIpc) is 2.27. The van der Waals surface area contributed by atoms with Gasteiger partial charge in [0.2, 0.25) is 0 Å². The molecule has 0 atom stereocenters. The first kappa shape index (κ1) is 19.3. The van der Waals surface area contributed by atoms with E-state index < -0.39 is 6.72 Å². The highest BCUT2D eigenvalue weighted by Gasteiger charge is 2.21. The Morgan fingerprint density at radius 3 is 2.25 bits per heavy atom. The largest absolute Gasteiger partial charge is 0.408 e. The van der Waals surface area contributed by atoms with Crippen LogP contribution in [0, 0.1) is 5.92 Å². The minimum absolute atomic E-state index is 0.132. The standard InChI is InChI=1S/C13H25N2O3PS/c1-7-16-19(20,17-8-2)18-13(14)9-11(5)15-12(6)10(3)4/h9-10H,6-8,14H2,1-5H3/b13-9+,15-11-. The average molecular weight is 320 g/mol. The lowest BCUT2D eigenvalue weighted by Crippen LogP contribution is -2.07. The van der Waals surface area contributed by atoms with E-state index in [1.807, 2.05) is 34.6 Å². The van der Waals surface area contributed by atoms with Crippen LogP contribution in [0.4, 0.5) is 0 Å². The van der Waals surface area contributed by atoms with Crippen molar-refractivity contribution >= 4 is 24.2 Å². The summed E-state index contributed by atoms with van der Waals surface area (Å²) in [5.41, 5.74) is 7.27. The molecule has 0 aromatic rings. The van der Waals surface area contributed by atoms with Gasteiger partial charge in [-0.1, -0.05) is 20.4 Å². The third kappa shape index (κ3) is 7.80. The number of aliphatic imine (C=N–C) groups is 1. The molecule has 0 aromatic heterocycles. The molecule has 0 radical (unpaired) electrons. The number of nitrogens with two attached hydrogens (primary N) is 1. The number of allylic oxidation sites excluding steroid dienone is 2. The molecule has 0 rings (SSSR count). The fraction of sp³-hybridized carbons (Fsp3) is 0.615. The van der Waals surface area contributed by atoms with E-state index in [0.29, 0.717) is 18.9 Å². The van der Waals surface area contributed by atoms with Crippen LogP contribution in [0.2, 0.25) is 0 Å². The first-order chi connectivity index (χ1) is 9.24. The van der Waals surface area contributed by atoms with Crippen LogP contribution in [-0.2, 0) is 25.4 Å². The summed E-state index contributed by atoms with van der Waals surface area (Å²) in [4.78, 5) is 4.32. The van der Waals surface area contributed by atoms with Crippen LogP contribution in [0.3, 0.4) is 0 Å². The summed E-state index contributed by atoms with van der Waals surface area (Å²) >= 11 is 5.22. The van der Waals surface area contributed by atoms with Crippen LogP contribution in [0.5, 0.6) is 0 Å². The molecule has 0 aliphatic heterocycles. The lowest BCUT2D eigenvalue weighted by molar-refractivity contribution is 0.194. The fourth-order valence-electron chi connectivity index (χ4n) is 1.16. The molecular formula is C13H25N2O3PS. The lowest BCUT2D eigenvalue weighted by Gasteiger charge is -2.20. The molecule has 0 saturated heterocycles. The summed E-state index contributed by atoms with van der Waals surface area (Å²) in [6.07, 6.45) is 1.59. The van der Waals surface area contributed by atoms with Crippen LogP contribution in [0.15, 0.2) is 29.2 Å². The predicted molar refractivity (Wildman–Crippen MR) is 88.0 cm³/mol. The van der Waals surface area contributed by atoms with Gasteiger partial charge in [-0.05, 0) is 26.7 Å². The molecule has 0 aliphatic rings. The SMILES string of the molecule is C=C(/N=C(C)\C=C(/N)OP(=S)(OCC)OCC)C(C)C. The van der Waals surface area contributed by atoms with E-state index in [2.05, 4.69) is 11.6 Å². The van der Waals surface area contributed by atoms with Crippen molar-refractivity contribution in [2.75, 3.05) is 13.2 Å². The molecule has 0 amide bonds. The predicted octanol–water partition coefficient (Wildman–Crippen LogP) is 3.73. The third-order valence-electron chi connectivity index (χ3n) is 2.13. The van der Waals surface area contributed by atoms with Gasteiger partial charge in [0.25, 0.3) is 0 Å². The Labute approximate surface area is 127 Å². The molecule has 0 saturated carbocycles. The van der Waals surface area contributed by atoms with Crippen molar-refractivity contribution in [1.82, 2.24) is 0 Å². The molecule has 0 aliphatic carbocycles. The highest BCUT2D eigenvalue weighted by atomic mass is 32.5. The van der Waals surface area contributed by atoms with Crippen LogP contribution in [0.1, 0.15) is 34.6 Å². The molecule has 0 unspecified atom stereocenters. The topological polar surface area (TPSA) is 66.1 Å². The van der Waals surface area contributed by atoms with Crippen LogP contribution >= 0.6 is 6.72 Å². The maximum atomic E-state index is 5.80. The highest BCUT2D eigenvalue weighted by Crippen LogP contribution is 2.50. The maximum absolute atomic E-state index is 5.80. The second kappa shape index (κ2) is 9.29. The van der Waals surface area contributed by atoms with E-state index in [-0.39, 0.29) is 11.8 Å². The van der Waals surface area contributed by atoms with Gasteiger partial charge < -0.3 is 10.3 Å². The van der Waals surface area contributed by atoms with Gasteiger partial charge in [0.1, 0.15) is 0 Å². The van der Waals surface area contributed by atoms with Crippen molar-refractivity contribution in [2.45, 2.75) is 34.6 Å². The van der Waals surface area contributed by atoms with Gasteiger partial charge in [-0.25, -0.2) is 0 Å². The van der Waals surface area contributed by atoms with E-state index in [9.17, 15) is 0 Å². The zero-order valence-electron chi connectivity index (χ0n) is 12.9. The van der Waals surface area contributed by atoms with E-state index >= 15 is 0 Å². The number of hydrogen-bond acceptors (Lipinski definition) is 6. The quantitative estimate of drug-likeness (QED) is 0.398. The summed E-state index contributed by atoms with van der Waals surface area (Å²) < 4.78 is 16.1. The highest BCUT2D eigenvalue weighted by molar-refractivity contribution is 8.07. The van der Waals surface area contributed by atoms with Crippen molar-refractivity contribution in [2.24, 2.45) is 16.6 Å². The molecule has 5 nitrogen and oxygen atoms in total. The van der Waals surface area contributed by atoms with Crippen molar-refractivity contribution in [3.63, 3.8) is 0 Å². The molecule has 2 N–H and O–H groups in total. The minimum atomic E-state index is -2.82. The van der Waals surface area contributed by atoms with Gasteiger partial charge in [-0.15, -0.1) is 0 Å². The Balaban J connectivity index is 4.88. The van der Waals surface area contributed by atoms with Gasteiger partial charge in [0.05, 0.1) is 13.2 Å². The number of rotatable bonds is 9. The molecule has 20 heavy (non-hydrogen) atoms. The Kier molecular flexibility index (Phi) is 8.98. The molecule has 116 valence electrons.